The molecule has 2 rings (SSSR count). The minimum absolute atomic E-state index is 2.41. The van der Waals surface area contributed by atoms with Crippen molar-refractivity contribution in [3.8, 4) is 0 Å². The molecule has 32 heavy (non-hydrogen) atoms. The molecule has 0 atom stereocenters. The fourth-order valence-corrected chi connectivity index (χ4v) is 6.26. The molecule has 2 aromatic rings. The van der Waals surface area contributed by atoms with Gasteiger partial charge in [-0.15, -0.1) is 22.2 Å². The van der Waals surface area contributed by atoms with Gasteiger partial charge in [-0.05, 0) is 0 Å². The predicted molar refractivity (Wildman–Crippen MR) is 84.5 cm³/mol. The highest BCUT2D eigenvalue weighted by Gasteiger charge is 2.51. The molecule has 0 saturated carbocycles. The molecular weight excluding hydrogens is 545 g/mol. The van der Waals surface area contributed by atoms with Crippen molar-refractivity contribution in [2.45, 2.75) is 6.18 Å². The maximum atomic E-state index is 14.3. The van der Waals surface area contributed by atoms with Crippen LogP contribution in [0.25, 0.3) is 5.83 Å². The number of rotatable bonds is 3. The summed E-state index contributed by atoms with van der Waals surface area (Å²) in [6.45, 7) is -6.14. The summed E-state index contributed by atoms with van der Waals surface area (Å²) >= 11 is 10.8. The van der Waals surface area contributed by atoms with Gasteiger partial charge in [-0.25, -0.2) is 39.5 Å². The van der Waals surface area contributed by atoms with Gasteiger partial charge in [0.1, 0.15) is 5.56 Å². The zero-order valence-electron chi connectivity index (χ0n) is 14.0. The van der Waals surface area contributed by atoms with E-state index in [1.54, 1.807) is 0 Å². The molecule has 0 aromatic heterocycles. The van der Waals surface area contributed by atoms with Gasteiger partial charge in [0.25, 0.3) is 0 Å². The van der Waals surface area contributed by atoms with Crippen LogP contribution >= 0.6 is 22.2 Å². The van der Waals surface area contributed by atoms with Crippen LogP contribution in [0.1, 0.15) is 11.1 Å². The van der Waals surface area contributed by atoms with Crippen molar-refractivity contribution in [3.05, 3.63) is 63.7 Å². The third-order valence-electron chi connectivity index (χ3n) is 3.82. The lowest BCUT2D eigenvalue weighted by Gasteiger charge is -2.23. The molecule has 0 N–H and O–H groups in total. The summed E-state index contributed by atoms with van der Waals surface area (Å²) in [5.41, 5.74) is -5.76. The molecule has 2 aromatic carbocycles. The van der Waals surface area contributed by atoms with Crippen LogP contribution in [0, 0.1) is 46.5 Å². The summed E-state index contributed by atoms with van der Waals surface area (Å²) in [5.74, 6) is -27.2. The lowest BCUT2D eigenvalue weighted by Crippen LogP contribution is -2.56. The number of alkyl halides is 3. The standard InChI is InChI=1S/C15Cl2F14Si/c16-32(17,13-10(25)6(21)2(15(29,30)31)7(22)11(13)26)12-8(23)3(18)1(4(19)9(12)24)5(20)14(27)28. The first kappa shape index (κ1) is 26.3. The molecule has 0 aliphatic rings. The minimum Gasteiger partial charge on any atom is -0.204 e. The first-order valence-electron chi connectivity index (χ1n) is 7.27. The van der Waals surface area contributed by atoms with Gasteiger partial charge < -0.3 is 0 Å². The smallest absolute Gasteiger partial charge is 0.204 e. The van der Waals surface area contributed by atoms with Gasteiger partial charge in [0.2, 0.25) is 5.83 Å². The molecule has 0 fully saturated rings. The molecule has 0 nitrogen and oxygen atoms in total. The van der Waals surface area contributed by atoms with Crippen molar-refractivity contribution >= 4 is 45.1 Å². The fourth-order valence-electron chi connectivity index (χ4n) is 2.48. The lowest BCUT2D eigenvalue weighted by atomic mass is 10.1. The third kappa shape index (κ3) is 3.94. The monoisotopic (exact) mass is 544 g/mol. The molecule has 0 heterocycles. The van der Waals surface area contributed by atoms with Gasteiger partial charge in [0.05, 0.1) is 15.9 Å². The van der Waals surface area contributed by atoms with E-state index in [0.29, 0.717) is 0 Å². The topological polar surface area (TPSA) is 0 Å². The Kier molecular flexibility index (Phi) is 6.90. The molecule has 0 saturated heterocycles. The minimum atomic E-state index is -6.14. The molecular formula is C15Cl2F14Si. The van der Waals surface area contributed by atoms with E-state index in [1.807, 2.05) is 0 Å². The molecule has 0 unspecified atom stereocenters. The molecule has 17 heteroatoms. The van der Waals surface area contributed by atoms with E-state index in [1.165, 1.54) is 0 Å². The number of benzene rings is 2. The van der Waals surface area contributed by atoms with Crippen LogP contribution in [0.3, 0.4) is 0 Å². The first-order chi connectivity index (χ1) is 14.4. The molecule has 0 bridgehead atoms. The molecule has 0 aliphatic carbocycles. The quantitative estimate of drug-likeness (QED) is 0.182. The third-order valence-corrected chi connectivity index (χ3v) is 8.23. The Morgan fingerprint density at radius 1 is 0.562 bits per heavy atom. The molecule has 0 aliphatic heterocycles. The summed E-state index contributed by atoms with van der Waals surface area (Å²) in [7, 11) is 0. The Labute approximate surface area is 177 Å². The average molecular weight is 545 g/mol. The molecule has 0 spiro atoms. The number of halogens is 16. The molecule has 0 radical (unpaired) electrons. The molecule has 0 amide bonds. The maximum absolute atomic E-state index is 14.3. The highest BCUT2D eigenvalue weighted by atomic mass is 35.7. The van der Waals surface area contributed by atoms with Gasteiger partial charge in [-0.3, -0.25) is 0 Å². The summed E-state index contributed by atoms with van der Waals surface area (Å²) in [6.07, 6.45) is -9.49. The normalized spacial score (nSPS) is 12.4. The first-order valence-corrected chi connectivity index (χ1v) is 11.3. The summed E-state index contributed by atoms with van der Waals surface area (Å²) < 4.78 is 188. The second-order valence-electron chi connectivity index (χ2n) is 5.66. The van der Waals surface area contributed by atoms with Gasteiger partial charge >= 0.3 is 19.0 Å². The van der Waals surface area contributed by atoms with E-state index in [9.17, 15) is 61.5 Å². The Morgan fingerprint density at radius 3 is 1.16 bits per heavy atom. The van der Waals surface area contributed by atoms with Crippen molar-refractivity contribution < 1.29 is 61.5 Å². The van der Waals surface area contributed by atoms with Crippen LogP contribution in [0.4, 0.5) is 61.5 Å². The van der Waals surface area contributed by atoms with E-state index in [4.69, 9.17) is 22.2 Å². The Morgan fingerprint density at radius 2 is 0.875 bits per heavy atom. The van der Waals surface area contributed by atoms with Crippen LogP contribution in [0.15, 0.2) is 6.08 Å². The largest absolute Gasteiger partial charge is 0.422 e. The van der Waals surface area contributed by atoms with E-state index in [-0.39, 0.29) is 0 Å². The SMILES string of the molecule is FC(F)=C(F)c1c(F)c(F)c([Si](Cl)(Cl)c2c(F)c(F)c(C(F)(F)F)c(F)c2F)c(F)c1F. The van der Waals surface area contributed by atoms with Gasteiger partial charge in [-0.1, -0.05) is 0 Å². The van der Waals surface area contributed by atoms with E-state index in [0.717, 1.165) is 0 Å². The highest BCUT2D eigenvalue weighted by molar-refractivity contribution is 7.56. The van der Waals surface area contributed by atoms with Gasteiger partial charge in [0, 0.05) is 0 Å². The lowest BCUT2D eigenvalue weighted by molar-refractivity contribution is -0.143. The predicted octanol–water partition coefficient (Wildman–Crippen LogP) is 6.39. The van der Waals surface area contributed by atoms with E-state index in [2.05, 4.69) is 0 Å². The van der Waals surface area contributed by atoms with Crippen molar-refractivity contribution in [1.82, 2.24) is 0 Å². The van der Waals surface area contributed by atoms with Crippen LogP contribution in [0.2, 0.25) is 0 Å². The number of hydrogen-bond acceptors (Lipinski definition) is 0. The average Bonchev–Trinajstić information content (AvgIpc) is 2.63. The van der Waals surface area contributed by atoms with Crippen molar-refractivity contribution in [3.63, 3.8) is 0 Å². The Hall–Kier alpha value is -2.00. The van der Waals surface area contributed by atoms with Crippen LogP contribution in [-0.2, 0) is 6.18 Å². The van der Waals surface area contributed by atoms with Crippen LogP contribution < -0.4 is 10.4 Å². The van der Waals surface area contributed by atoms with Crippen LogP contribution in [-0.4, -0.2) is 6.69 Å². The Balaban J connectivity index is 3.00. The second-order valence-corrected chi connectivity index (χ2v) is 11.8. The Bertz CT molecular complexity index is 1090. The fraction of sp³-hybridized carbons (Fsp3) is 0.0667. The van der Waals surface area contributed by atoms with Crippen LogP contribution in [0.5, 0.6) is 0 Å². The number of hydrogen-bond donors (Lipinski definition) is 0. The second kappa shape index (κ2) is 8.41. The van der Waals surface area contributed by atoms with Gasteiger partial charge in [0.15, 0.2) is 46.5 Å². The van der Waals surface area contributed by atoms with Crippen molar-refractivity contribution in [2.75, 3.05) is 0 Å². The molecule has 176 valence electrons. The highest BCUT2D eigenvalue weighted by Crippen LogP contribution is 2.37. The van der Waals surface area contributed by atoms with E-state index < -0.39 is 92.8 Å². The summed E-state index contributed by atoms with van der Waals surface area (Å²) in [4.78, 5) is 0. The van der Waals surface area contributed by atoms with E-state index >= 15 is 0 Å². The zero-order chi connectivity index (χ0) is 25.1. The maximum Gasteiger partial charge on any atom is 0.422 e. The van der Waals surface area contributed by atoms with Crippen molar-refractivity contribution in [1.29, 1.82) is 0 Å². The summed E-state index contributed by atoms with van der Waals surface area (Å²) in [5, 5.41) is -4.87. The zero-order valence-corrected chi connectivity index (χ0v) is 16.6. The summed E-state index contributed by atoms with van der Waals surface area (Å²) in [6, 6.07) is 0. The van der Waals surface area contributed by atoms with Crippen molar-refractivity contribution in [2.24, 2.45) is 0 Å². The van der Waals surface area contributed by atoms with Gasteiger partial charge in [-0.2, -0.15) is 22.0 Å².